The van der Waals surface area contributed by atoms with Crippen LogP contribution in [0.5, 0.6) is 0 Å². The summed E-state index contributed by atoms with van der Waals surface area (Å²) in [5.41, 5.74) is 13.0. The molecule has 5 N–H and O–H groups in total. The van der Waals surface area contributed by atoms with Crippen LogP contribution in [0.25, 0.3) is 28.4 Å². The number of primary amides is 1. The average molecular weight is 731 g/mol. The maximum absolute atomic E-state index is 15.0. The summed E-state index contributed by atoms with van der Waals surface area (Å²) in [6.45, 7) is 10.7. The summed E-state index contributed by atoms with van der Waals surface area (Å²) in [5.74, 6) is -0.158. The van der Waals surface area contributed by atoms with Crippen molar-refractivity contribution in [3.05, 3.63) is 105 Å². The summed E-state index contributed by atoms with van der Waals surface area (Å²) in [6, 6.07) is 11.3. The van der Waals surface area contributed by atoms with E-state index in [4.69, 9.17) is 15.0 Å². The number of nitrogens with zero attached hydrogens (tertiary/aromatic N) is 6. The Morgan fingerprint density at radius 3 is 2.61 bits per heavy atom. The Balaban J connectivity index is 1.29. The number of carbonyl (C=O) groups is 1. The standard InChI is InChI=1S/C39H47BN10O4/c1-24(47-36-33-30(34(41)51)20-43-35(33)44-23-45-36)31-18-25-12-11-15-29(32(25)37(52)50(31)28-13-9-8-10-14-28)26(21-48(7)42-6)16-17-49-22-27(19-46-49)40-53-38(2,3)39(4,5)54-40/h8-10,12-14,18-24,42H,11,15-17H2,1-7H3,(H2,41,51)(H2,43,44,45,47). The van der Waals surface area contributed by atoms with Crippen LogP contribution < -0.4 is 37.9 Å². The number of allylic oxidation sites excluding steroid dienone is 1. The number of para-hydroxylation sites is 1. The molecule has 5 aromatic rings. The summed E-state index contributed by atoms with van der Waals surface area (Å²) in [6.07, 6.45) is 13.0. The number of nitrogens with two attached hydrogens (primary N) is 1. The van der Waals surface area contributed by atoms with E-state index in [9.17, 15) is 4.79 Å². The van der Waals surface area contributed by atoms with Gasteiger partial charge in [-0.2, -0.15) is 5.10 Å². The van der Waals surface area contributed by atoms with E-state index in [0.717, 1.165) is 39.6 Å². The molecular formula is C39H47BN10O4. The van der Waals surface area contributed by atoms with Crippen LogP contribution in [0.15, 0.2) is 77.9 Å². The number of hydrogen-bond donors (Lipinski definition) is 4. The zero-order valence-electron chi connectivity index (χ0n) is 31.8. The van der Waals surface area contributed by atoms with Gasteiger partial charge < -0.3 is 30.4 Å². The summed E-state index contributed by atoms with van der Waals surface area (Å²) in [5, 5.41) is 12.0. The lowest BCUT2D eigenvalue weighted by atomic mass is 9.82. The Morgan fingerprint density at radius 2 is 1.91 bits per heavy atom. The number of benzene rings is 1. The predicted octanol–water partition coefficient (Wildman–Crippen LogP) is 2.64. The Morgan fingerprint density at radius 1 is 1.17 bits per heavy atom. The Hall–Kier alpha value is -5.51. The molecule has 1 fully saturated rings. The highest BCUT2D eigenvalue weighted by Crippen LogP contribution is 2.36. The van der Waals surface area contributed by atoms with Gasteiger partial charge in [0.2, 0.25) is 0 Å². The van der Waals surface area contributed by atoms with Gasteiger partial charge in [-0.15, -0.1) is 0 Å². The van der Waals surface area contributed by atoms with Crippen LogP contribution >= 0.6 is 0 Å². The second-order valence-corrected chi connectivity index (χ2v) is 14.8. The monoisotopic (exact) mass is 730 g/mol. The van der Waals surface area contributed by atoms with E-state index in [1.165, 1.54) is 12.5 Å². The number of aromatic nitrogens is 6. The summed E-state index contributed by atoms with van der Waals surface area (Å²) in [4.78, 5) is 39.0. The van der Waals surface area contributed by atoms with Crippen LogP contribution in [0.3, 0.4) is 0 Å². The van der Waals surface area contributed by atoms with Crippen LogP contribution in [-0.2, 0) is 15.9 Å². The minimum Gasteiger partial charge on any atom is -0.399 e. The Labute approximate surface area is 313 Å². The number of hydrogen-bond acceptors (Lipinski definition) is 10. The molecule has 14 nitrogen and oxygen atoms in total. The molecule has 1 aliphatic heterocycles. The maximum atomic E-state index is 15.0. The van der Waals surface area contributed by atoms with Crippen molar-refractivity contribution in [2.75, 3.05) is 19.4 Å². The molecule has 15 heteroatoms. The van der Waals surface area contributed by atoms with Crippen molar-refractivity contribution in [3.63, 3.8) is 0 Å². The highest BCUT2D eigenvalue weighted by Gasteiger charge is 2.52. The minimum atomic E-state index is -0.593. The van der Waals surface area contributed by atoms with Gasteiger partial charge in [-0.3, -0.25) is 18.8 Å². The smallest absolute Gasteiger partial charge is 0.399 e. The minimum absolute atomic E-state index is 0.124. The van der Waals surface area contributed by atoms with Crippen LogP contribution in [0.4, 0.5) is 5.82 Å². The first-order chi connectivity index (χ1) is 25.8. The van der Waals surface area contributed by atoms with E-state index in [1.807, 2.05) is 94.9 Å². The van der Waals surface area contributed by atoms with Crippen molar-refractivity contribution in [2.24, 2.45) is 5.73 Å². The van der Waals surface area contributed by atoms with Gasteiger partial charge in [0, 0.05) is 62.3 Å². The first-order valence-corrected chi connectivity index (χ1v) is 18.2. The zero-order chi connectivity index (χ0) is 38.4. The van der Waals surface area contributed by atoms with Crippen molar-refractivity contribution in [3.8, 4) is 5.69 Å². The third-order valence-electron chi connectivity index (χ3n) is 10.8. The second-order valence-electron chi connectivity index (χ2n) is 14.8. The summed E-state index contributed by atoms with van der Waals surface area (Å²) < 4.78 is 16.2. The van der Waals surface area contributed by atoms with Gasteiger partial charge in [-0.05, 0) is 88.4 Å². The molecule has 1 aliphatic carbocycles. The third kappa shape index (κ3) is 6.85. The molecule has 0 spiro atoms. The number of amides is 1. The van der Waals surface area contributed by atoms with Crippen LogP contribution in [0.1, 0.15) is 76.0 Å². The number of aromatic amines is 1. The Kier molecular flexibility index (Phi) is 9.81. The molecule has 2 aliphatic rings. The number of H-pyrrole nitrogens is 1. The molecule has 1 atom stereocenters. The molecular weight excluding hydrogens is 683 g/mol. The lowest BCUT2D eigenvalue weighted by Gasteiger charge is -2.32. The molecule has 1 unspecified atom stereocenters. The predicted molar refractivity (Wildman–Crippen MR) is 210 cm³/mol. The van der Waals surface area contributed by atoms with Crippen LogP contribution in [0.2, 0.25) is 0 Å². The number of carbonyl (C=O) groups excluding carboxylic acids is 1. The number of fused-ring (bicyclic) bond motifs is 2. The molecule has 5 heterocycles. The molecule has 54 heavy (non-hydrogen) atoms. The number of hydrazine groups is 1. The van der Waals surface area contributed by atoms with E-state index < -0.39 is 30.3 Å². The second kappa shape index (κ2) is 14.4. The molecule has 1 amide bonds. The fourth-order valence-corrected chi connectivity index (χ4v) is 7.07. The first-order valence-electron chi connectivity index (χ1n) is 18.2. The number of pyridine rings is 1. The lowest BCUT2D eigenvalue weighted by molar-refractivity contribution is 0.00578. The molecule has 280 valence electrons. The largest absolute Gasteiger partial charge is 0.498 e. The highest BCUT2D eigenvalue weighted by molar-refractivity contribution is 6.62. The normalized spacial score (nSPS) is 17.0. The summed E-state index contributed by atoms with van der Waals surface area (Å²) >= 11 is 0. The van der Waals surface area contributed by atoms with Gasteiger partial charge in [0.05, 0.1) is 33.4 Å². The van der Waals surface area contributed by atoms with Gasteiger partial charge in [0.15, 0.2) is 0 Å². The van der Waals surface area contributed by atoms with E-state index >= 15 is 4.79 Å². The maximum Gasteiger partial charge on any atom is 0.498 e. The van der Waals surface area contributed by atoms with Crippen molar-refractivity contribution >= 4 is 47.0 Å². The van der Waals surface area contributed by atoms with Gasteiger partial charge >= 0.3 is 7.12 Å². The van der Waals surface area contributed by atoms with Gasteiger partial charge in [-0.25, -0.2) is 15.4 Å². The van der Waals surface area contributed by atoms with Gasteiger partial charge in [-0.1, -0.05) is 24.3 Å². The number of anilines is 1. The summed E-state index contributed by atoms with van der Waals surface area (Å²) in [7, 11) is 3.30. The quantitative estimate of drug-likeness (QED) is 0.111. The topological polar surface area (TPSA) is 170 Å². The molecule has 7 rings (SSSR count). The fraction of sp³-hybridized carbons (Fsp3) is 0.359. The van der Waals surface area contributed by atoms with Crippen molar-refractivity contribution in [1.29, 1.82) is 0 Å². The van der Waals surface area contributed by atoms with Gasteiger partial charge in [0.25, 0.3) is 11.5 Å². The van der Waals surface area contributed by atoms with Crippen LogP contribution in [0, 0.1) is 0 Å². The van der Waals surface area contributed by atoms with E-state index in [0.29, 0.717) is 41.5 Å². The van der Waals surface area contributed by atoms with Crippen molar-refractivity contribution in [2.45, 2.75) is 77.7 Å². The third-order valence-corrected chi connectivity index (χ3v) is 10.8. The molecule has 0 radical (unpaired) electrons. The number of nitrogens with one attached hydrogen (secondary N) is 3. The molecule has 0 saturated carbocycles. The lowest BCUT2D eigenvalue weighted by Crippen LogP contribution is -2.49. The molecule has 4 aromatic heterocycles. The van der Waals surface area contributed by atoms with E-state index in [1.54, 1.807) is 10.8 Å². The fourth-order valence-electron chi connectivity index (χ4n) is 7.07. The van der Waals surface area contributed by atoms with Crippen molar-refractivity contribution < 1.29 is 14.1 Å². The van der Waals surface area contributed by atoms with Crippen molar-refractivity contribution in [1.82, 2.24) is 39.7 Å². The first kappa shape index (κ1) is 36.8. The SMILES string of the molecule is CNN(C)C=C(CCn1cc(B2OC(C)(C)C(C)(C)O2)cn1)C1=c2c(cc(C(C)Nc3ncnc4[nH]cc(C(N)=O)c34)n(-c3ccccc3)c2=O)=CCC1. The number of aryl methyl sites for hydroxylation is 1. The zero-order valence-corrected chi connectivity index (χ0v) is 31.8. The average Bonchev–Trinajstić information content (AvgIpc) is 3.86. The Bertz CT molecular complexity index is 2420. The molecule has 1 saturated heterocycles. The number of rotatable bonds is 12. The molecule has 0 bridgehead atoms. The van der Waals surface area contributed by atoms with E-state index in [2.05, 4.69) is 49.1 Å². The van der Waals surface area contributed by atoms with Crippen LogP contribution in [-0.4, -0.2) is 72.6 Å². The highest BCUT2D eigenvalue weighted by atomic mass is 16.7. The van der Waals surface area contributed by atoms with Gasteiger partial charge in [0.1, 0.15) is 17.8 Å². The van der Waals surface area contributed by atoms with E-state index in [-0.39, 0.29) is 11.1 Å². The molecule has 1 aromatic carbocycles.